The zero-order valence-electron chi connectivity index (χ0n) is 13.6. The maximum Gasteiger partial charge on any atom is 0.328 e. The number of carbonyl (C=O) groups excluding carboxylic acids is 2. The van der Waals surface area contributed by atoms with Crippen molar-refractivity contribution in [3.05, 3.63) is 12.7 Å². The molecule has 1 rings (SSSR count). The van der Waals surface area contributed by atoms with Crippen LogP contribution in [0.15, 0.2) is 12.7 Å². The lowest BCUT2D eigenvalue weighted by Crippen LogP contribution is -2.50. The summed E-state index contributed by atoms with van der Waals surface area (Å²) in [4.78, 5) is 37.1. The average Bonchev–Trinajstić information content (AvgIpc) is 2.54. The number of nitrogens with zero attached hydrogens (tertiary/aromatic N) is 1. The topological polar surface area (TPSA) is 95.9 Å². The third-order valence-electron chi connectivity index (χ3n) is 3.74. The Morgan fingerprint density at radius 1 is 1.48 bits per heavy atom. The second-order valence-corrected chi connectivity index (χ2v) is 5.65. The molecule has 0 spiro atoms. The van der Waals surface area contributed by atoms with Crippen LogP contribution in [-0.4, -0.2) is 60.1 Å². The Morgan fingerprint density at radius 3 is 2.83 bits per heavy atom. The second-order valence-electron chi connectivity index (χ2n) is 5.65. The van der Waals surface area contributed by atoms with Crippen LogP contribution in [0.3, 0.4) is 0 Å². The molecule has 130 valence electrons. The summed E-state index contributed by atoms with van der Waals surface area (Å²) in [6, 6.07) is -1.09. The minimum atomic E-state index is -1.14. The molecule has 7 heteroatoms. The number of carbonyl (C=O) groups is 3. The largest absolute Gasteiger partial charge is 0.480 e. The number of hydrogen-bond acceptors (Lipinski definition) is 4. The van der Waals surface area contributed by atoms with E-state index >= 15 is 0 Å². The molecule has 7 nitrogen and oxygen atoms in total. The standard InChI is InChI=1S/C16H26N2O5/c1-3-6-14(19)18-8-5-7-12(10-18)15(20)17-13(16(21)22)11-23-9-4-2/h4,12-13H,2-3,5-11H2,1H3,(H,17,20)(H,21,22). The first-order valence-corrected chi connectivity index (χ1v) is 7.99. The van der Waals surface area contributed by atoms with E-state index in [2.05, 4.69) is 11.9 Å². The lowest BCUT2D eigenvalue weighted by Gasteiger charge is -2.32. The smallest absolute Gasteiger partial charge is 0.328 e. The molecule has 2 N–H and O–H groups in total. The molecule has 2 atom stereocenters. The Kier molecular flexibility index (Phi) is 8.32. The van der Waals surface area contributed by atoms with Crippen LogP contribution in [0.5, 0.6) is 0 Å². The van der Waals surface area contributed by atoms with Crippen LogP contribution in [0.1, 0.15) is 32.6 Å². The Labute approximate surface area is 136 Å². The normalized spacial score (nSPS) is 19.0. The van der Waals surface area contributed by atoms with E-state index in [1.807, 2.05) is 6.92 Å². The van der Waals surface area contributed by atoms with Crippen molar-refractivity contribution in [3.63, 3.8) is 0 Å². The second kappa shape index (κ2) is 9.99. The molecule has 0 saturated carbocycles. The lowest BCUT2D eigenvalue weighted by atomic mass is 9.96. The highest BCUT2D eigenvalue weighted by Crippen LogP contribution is 2.18. The van der Waals surface area contributed by atoms with Crippen molar-refractivity contribution in [2.45, 2.75) is 38.6 Å². The van der Waals surface area contributed by atoms with Gasteiger partial charge in [-0.25, -0.2) is 4.79 Å². The van der Waals surface area contributed by atoms with Crippen LogP contribution in [0, 0.1) is 5.92 Å². The maximum absolute atomic E-state index is 12.3. The summed E-state index contributed by atoms with van der Waals surface area (Å²) in [5.74, 6) is -1.80. The molecule has 0 aliphatic carbocycles. The van der Waals surface area contributed by atoms with Crippen molar-refractivity contribution >= 4 is 17.8 Å². The minimum Gasteiger partial charge on any atom is -0.480 e. The van der Waals surface area contributed by atoms with E-state index in [-0.39, 0.29) is 30.9 Å². The van der Waals surface area contributed by atoms with Crippen LogP contribution in [0.25, 0.3) is 0 Å². The number of ether oxygens (including phenoxy) is 1. The fourth-order valence-corrected chi connectivity index (χ4v) is 2.52. The SMILES string of the molecule is C=CCOCC(NC(=O)C1CCCN(C(=O)CCC)C1)C(=O)O. The fraction of sp³-hybridized carbons (Fsp3) is 0.688. The van der Waals surface area contributed by atoms with Gasteiger partial charge in [0.05, 0.1) is 19.1 Å². The minimum absolute atomic E-state index is 0.0501. The molecule has 2 unspecified atom stereocenters. The number of nitrogens with one attached hydrogen (secondary N) is 1. The number of piperidine rings is 1. The zero-order chi connectivity index (χ0) is 17.2. The zero-order valence-corrected chi connectivity index (χ0v) is 13.6. The van der Waals surface area contributed by atoms with E-state index in [0.717, 1.165) is 12.8 Å². The first-order chi connectivity index (χ1) is 11.0. The number of rotatable bonds is 9. The Morgan fingerprint density at radius 2 is 2.22 bits per heavy atom. The van der Waals surface area contributed by atoms with Gasteiger partial charge in [-0.3, -0.25) is 9.59 Å². The third kappa shape index (κ3) is 6.40. The highest BCUT2D eigenvalue weighted by Gasteiger charge is 2.30. The molecule has 0 bridgehead atoms. The van der Waals surface area contributed by atoms with Gasteiger partial charge >= 0.3 is 5.97 Å². The fourth-order valence-electron chi connectivity index (χ4n) is 2.52. The van der Waals surface area contributed by atoms with Gasteiger partial charge in [-0.2, -0.15) is 0 Å². The quantitative estimate of drug-likeness (QED) is 0.482. The van der Waals surface area contributed by atoms with Crippen molar-refractivity contribution in [3.8, 4) is 0 Å². The summed E-state index contributed by atoms with van der Waals surface area (Å²) in [5, 5.41) is 11.6. The van der Waals surface area contributed by atoms with Gasteiger partial charge in [0, 0.05) is 19.5 Å². The summed E-state index contributed by atoms with van der Waals surface area (Å²) < 4.78 is 5.11. The predicted octanol–water partition coefficient (Wildman–Crippen LogP) is 0.797. The molecule has 1 saturated heterocycles. The van der Waals surface area contributed by atoms with E-state index in [4.69, 9.17) is 9.84 Å². The van der Waals surface area contributed by atoms with Crippen LogP contribution in [0.2, 0.25) is 0 Å². The molecule has 0 aromatic carbocycles. The molecule has 1 heterocycles. The van der Waals surface area contributed by atoms with Gasteiger partial charge < -0.3 is 20.1 Å². The Balaban J connectivity index is 2.55. The number of carboxylic acid groups (broad SMARTS) is 1. The van der Waals surface area contributed by atoms with Crippen molar-refractivity contribution < 1.29 is 24.2 Å². The third-order valence-corrected chi connectivity index (χ3v) is 3.74. The Bertz CT molecular complexity index is 438. The van der Waals surface area contributed by atoms with Crippen molar-refractivity contribution in [2.75, 3.05) is 26.3 Å². The van der Waals surface area contributed by atoms with Crippen LogP contribution in [-0.2, 0) is 19.1 Å². The molecule has 2 amide bonds. The van der Waals surface area contributed by atoms with Crippen LogP contribution >= 0.6 is 0 Å². The first-order valence-electron chi connectivity index (χ1n) is 7.99. The Hall–Kier alpha value is -1.89. The molecule has 0 radical (unpaired) electrons. The van der Waals surface area contributed by atoms with Gasteiger partial charge in [-0.1, -0.05) is 13.0 Å². The summed E-state index contributed by atoms with van der Waals surface area (Å²) >= 11 is 0. The lowest BCUT2D eigenvalue weighted by molar-refractivity contribution is -0.145. The highest BCUT2D eigenvalue weighted by molar-refractivity contribution is 5.86. The molecule has 0 aromatic heterocycles. The number of hydrogen-bond donors (Lipinski definition) is 2. The number of carboxylic acids is 1. The highest BCUT2D eigenvalue weighted by atomic mass is 16.5. The van der Waals surface area contributed by atoms with Crippen LogP contribution < -0.4 is 5.32 Å². The molecular formula is C16H26N2O5. The van der Waals surface area contributed by atoms with Crippen molar-refractivity contribution in [1.82, 2.24) is 10.2 Å². The van der Waals surface area contributed by atoms with Gasteiger partial charge in [0.1, 0.15) is 0 Å². The van der Waals surface area contributed by atoms with E-state index in [1.165, 1.54) is 6.08 Å². The van der Waals surface area contributed by atoms with E-state index in [0.29, 0.717) is 25.9 Å². The van der Waals surface area contributed by atoms with E-state index in [1.54, 1.807) is 4.90 Å². The first kappa shape index (κ1) is 19.2. The number of aliphatic carboxylic acids is 1. The van der Waals surface area contributed by atoms with Crippen LogP contribution in [0.4, 0.5) is 0 Å². The molecule has 1 fully saturated rings. The monoisotopic (exact) mass is 326 g/mol. The summed E-state index contributed by atoms with van der Waals surface area (Å²) in [5.41, 5.74) is 0. The predicted molar refractivity (Wildman–Crippen MR) is 84.8 cm³/mol. The number of amides is 2. The van der Waals surface area contributed by atoms with Gasteiger partial charge in [-0.05, 0) is 19.3 Å². The molecule has 1 aliphatic rings. The summed E-state index contributed by atoms with van der Waals surface area (Å²) in [6.45, 7) is 6.54. The molecular weight excluding hydrogens is 300 g/mol. The summed E-state index contributed by atoms with van der Waals surface area (Å²) in [7, 11) is 0. The molecule has 0 aromatic rings. The van der Waals surface area contributed by atoms with Gasteiger partial charge in [-0.15, -0.1) is 6.58 Å². The summed E-state index contributed by atoms with van der Waals surface area (Å²) in [6.07, 6.45) is 4.16. The number of likely N-dealkylation sites (tertiary alicyclic amines) is 1. The molecule has 23 heavy (non-hydrogen) atoms. The van der Waals surface area contributed by atoms with Gasteiger partial charge in [0.2, 0.25) is 11.8 Å². The van der Waals surface area contributed by atoms with E-state index < -0.39 is 12.0 Å². The van der Waals surface area contributed by atoms with E-state index in [9.17, 15) is 14.4 Å². The van der Waals surface area contributed by atoms with Crippen molar-refractivity contribution in [2.24, 2.45) is 5.92 Å². The van der Waals surface area contributed by atoms with Gasteiger partial charge in [0.25, 0.3) is 0 Å². The average molecular weight is 326 g/mol. The maximum atomic E-state index is 12.3. The molecule has 1 aliphatic heterocycles. The van der Waals surface area contributed by atoms with Gasteiger partial charge in [0.15, 0.2) is 6.04 Å². The van der Waals surface area contributed by atoms with Crippen molar-refractivity contribution in [1.29, 1.82) is 0 Å².